The van der Waals surface area contributed by atoms with Crippen LogP contribution in [0.25, 0.3) is 0 Å². The first-order valence-corrected chi connectivity index (χ1v) is 10.5. The van der Waals surface area contributed by atoms with Crippen molar-refractivity contribution in [2.24, 2.45) is 11.8 Å². The second kappa shape index (κ2) is 6.43. The summed E-state index contributed by atoms with van der Waals surface area (Å²) in [6.07, 6.45) is 8.42. The summed E-state index contributed by atoms with van der Waals surface area (Å²) in [4.78, 5) is 0.476. The number of unbranched alkanes of at least 4 members (excludes halogenated alkanes) is 3. The van der Waals surface area contributed by atoms with Crippen molar-refractivity contribution in [1.82, 2.24) is 0 Å². The molecule has 2 bridgehead atoms. The minimum atomic E-state index is -3.37. The molecule has 0 radical (unpaired) electrons. The molecule has 23 heavy (non-hydrogen) atoms. The lowest BCUT2D eigenvalue weighted by Gasteiger charge is -2.39. The predicted octanol–water partition coefficient (Wildman–Crippen LogP) is 5.16. The molecule has 0 spiro atoms. The van der Waals surface area contributed by atoms with E-state index in [1.807, 2.05) is 18.2 Å². The molecule has 3 heteroatoms. The average molecular weight is 333 g/mol. The summed E-state index contributed by atoms with van der Waals surface area (Å²) in [5.41, 5.74) is 1.01. The molecule has 3 atom stereocenters. The van der Waals surface area contributed by atoms with Gasteiger partial charge in [-0.2, -0.15) is 0 Å². The van der Waals surface area contributed by atoms with Crippen LogP contribution < -0.4 is 0 Å². The Morgan fingerprint density at radius 3 is 2.48 bits per heavy atom. The molecule has 1 aromatic carbocycles. The van der Waals surface area contributed by atoms with E-state index in [4.69, 9.17) is 0 Å². The Balaban J connectivity index is 1.98. The molecule has 126 valence electrons. The van der Waals surface area contributed by atoms with Crippen molar-refractivity contribution in [3.63, 3.8) is 0 Å². The van der Waals surface area contributed by atoms with Crippen molar-refractivity contribution in [3.05, 3.63) is 42.5 Å². The largest absolute Gasteiger partial charge is 0.223 e. The molecule has 0 heterocycles. The van der Waals surface area contributed by atoms with E-state index in [0.29, 0.717) is 10.8 Å². The van der Waals surface area contributed by atoms with E-state index in [2.05, 4.69) is 13.5 Å². The molecule has 2 aliphatic carbocycles. The van der Waals surface area contributed by atoms with Crippen molar-refractivity contribution in [2.45, 2.75) is 67.9 Å². The van der Waals surface area contributed by atoms with Gasteiger partial charge in [-0.1, -0.05) is 63.0 Å². The molecule has 2 nitrogen and oxygen atoms in total. The van der Waals surface area contributed by atoms with E-state index >= 15 is 0 Å². The van der Waals surface area contributed by atoms with Crippen molar-refractivity contribution >= 4 is 9.84 Å². The molecule has 0 amide bonds. The summed E-state index contributed by atoms with van der Waals surface area (Å²) in [6, 6.07) is 9.04. The summed E-state index contributed by atoms with van der Waals surface area (Å²) >= 11 is 0. The SMILES string of the molecule is C=C1[C@@H]2CC[C@@H](C2)[C@@]1(CCCCCC)S(=O)(=O)c1ccccc1. The summed E-state index contributed by atoms with van der Waals surface area (Å²) in [5, 5.41) is 0. The van der Waals surface area contributed by atoms with E-state index in [9.17, 15) is 8.42 Å². The van der Waals surface area contributed by atoms with E-state index < -0.39 is 14.6 Å². The third-order valence-corrected chi connectivity index (χ3v) is 8.71. The highest BCUT2D eigenvalue weighted by molar-refractivity contribution is 7.93. The van der Waals surface area contributed by atoms with Gasteiger partial charge >= 0.3 is 0 Å². The first-order chi connectivity index (χ1) is 11.0. The van der Waals surface area contributed by atoms with E-state index in [-0.39, 0.29) is 5.92 Å². The Labute approximate surface area is 140 Å². The number of hydrogen-bond acceptors (Lipinski definition) is 2. The van der Waals surface area contributed by atoms with Gasteiger partial charge in [-0.15, -0.1) is 0 Å². The number of sulfone groups is 1. The van der Waals surface area contributed by atoms with Crippen molar-refractivity contribution in [3.8, 4) is 0 Å². The number of benzene rings is 1. The summed E-state index contributed by atoms with van der Waals surface area (Å²) in [5.74, 6) is 0.691. The molecule has 3 rings (SSSR count). The van der Waals surface area contributed by atoms with Crippen LogP contribution in [0.15, 0.2) is 47.4 Å². The topological polar surface area (TPSA) is 34.1 Å². The number of fused-ring (bicyclic) bond motifs is 2. The third kappa shape index (κ3) is 2.57. The molecule has 2 saturated carbocycles. The van der Waals surface area contributed by atoms with Gasteiger partial charge in [0.1, 0.15) is 4.75 Å². The Bertz CT molecular complexity index is 662. The van der Waals surface area contributed by atoms with Crippen LogP contribution in [0.1, 0.15) is 58.3 Å². The Morgan fingerprint density at radius 1 is 1.13 bits per heavy atom. The molecule has 0 N–H and O–H groups in total. The summed E-state index contributed by atoms with van der Waals surface area (Å²) < 4.78 is 26.4. The molecule has 0 unspecified atom stereocenters. The van der Waals surface area contributed by atoms with Gasteiger partial charge in [0.05, 0.1) is 4.90 Å². The highest BCUT2D eigenvalue weighted by Gasteiger charge is 2.60. The molecule has 1 aromatic rings. The molecule has 0 aromatic heterocycles. The standard InChI is InChI=1S/C20H28O2S/c1-3-4-5-9-14-20(16(2)17-12-13-18(20)15-17)23(21,22)19-10-7-6-8-11-19/h6-8,10-11,17-18H,2-5,9,12-15H2,1H3/t17-,18+,20+/m1/s1. The highest BCUT2D eigenvalue weighted by Crippen LogP contribution is 2.60. The molecule has 0 saturated heterocycles. The van der Waals surface area contributed by atoms with Crippen LogP contribution in [0.2, 0.25) is 0 Å². The van der Waals surface area contributed by atoms with Crippen molar-refractivity contribution in [2.75, 3.05) is 0 Å². The first-order valence-electron chi connectivity index (χ1n) is 9.03. The normalized spacial score (nSPS) is 30.0. The third-order valence-electron chi connectivity index (χ3n) is 6.06. The van der Waals surface area contributed by atoms with Crippen LogP contribution >= 0.6 is 0 Å². The van der Waals surface area contributed by atoms with Gasteiger partial charge in [0.2, 0.25) is 0 Å². The fraction of sp³-hybridized carbons (Fsp3) is 0.600. The fourth-order valence-electron chi connectivity index (χ4n) is 4.84. The fourth-order valence-corrected chi connectivity index (χ4v) is 7.36. The van der Waals surface area contributed by atoms with E-state index in [1.54, 1.807) is 12.1 Å². The van der Waals surface area contributed by atoms with Gasteiger partial charge in [0.15, 0.2) is 9.84 Å². The molecular weight excluding hydrogens is 304 g/mol. The first kappa shape index (κ1) is 16.8. The van der Waals surface area contributed by atoms with Gasteiger partial charge in [-0.3, -0.25) is 0 Å². The maximum Gasteiger partial charge on any atom is 0.188 e. The molecule has 2 fully saturated rings. The minimum Gasteiger partial charge on any atom is -0.223 e. The quantitative estimate of drug-likeness (QED) is 0.511. The molecule has 2 aliphatic rings. The van der Waals surface area contributed by atoms with Crippen molar-refractivity contribution < 1.29 is 8.42 Å². The van der Waals surface area contributed by atoms with Gasteiger partial charge in [-0.25, -0.2) is 8.42 Å². The van der Waals surface area contributed by atoms with Crippen LogP contribution in [0.4, 0.5) is 0 Å². The maximum atomic E-state index is 13.6. The summed E-state index contributed by atoms with van der Waals surface area (Å²) in [7, 11) is -3.37. The second-order valence-electron chi connectivity index (χ2n) is 7.25. The molecular formula is C20H28O2S. The maximum absolute atomic E-state index is 13.6. The number of hydrogen-bond donors (Lipinski definition) is 0. The smallest absolute Gasteiger partial charge is 0.188 e. The van der Waals surface area contributed by atoms with Crippen LogP contribution in [0, 0.1) is 11.8 Å². The Hall–Kier alpha value is -1.09. The predicted molar refractivity (Wildman–Crippen MR) is 95.1 cm³/mol. The van der Waals surface area contributed by atoms with E-state index in [0.717, 1.165) is 44.1 Å². The summed E-state index contributed by atoms with van der Waals surface area (Å²) in [6.45, 7) is 6.49. The van der Waals surface area contributed by atoms with E-state index in [1.165, 1.54) is 12.8 Å². The monoisotopic (exact) mass is 332 g/mol. The average Bonchev–Trinajstić information content (AvgIpc) is 3.14. The van der Waals surface area contributed by atoms with Crippen LogP contribution in [-0.4, -0.2) is 13.2 Å². The van der Waals surface area contributed by atoms with Crippen molar-refractivity contribution in [1.29, 1.82) is 0 Å². The highest BCUT2D eigenvalue weighted by atomic mass is 32.2. The van der Waals surface area contributed by atoms with Crippen LogP contribution in [-0.2, 0) is 9.84 Å². The Morgan fingerprint density at radius 2 is 1.87 bits per heavy atom. The van der Waals surface area contributed by atoms with Gasteiger partial charge in [0.25, 0.3) is 0 Å². The lowest BCUT2D eigenvalue weighted by molar-refractivity contribution is 0.381. The lowest BCUT2D eigenvalue weighted by Crippen LogP contribution is -2.45. The lowest BCUT2D eigenvalue weighted by atomic mass is 9.80. The molecule has 0 aliphatic heterocycles. The van der Waals surface area contributed by atoms with Gasteiger partial charge < -0.3 is 0 Å². The number of rotatable bonds is 7. The Kier molecular flexibility index (Phi) is 4.68. The zero-order valence-electron chi connectivity index (χ0n) is 14.1. The zero-order valence-corrected chi connectivity index (χ0v) is 14.9. The second-order valence-corrected chi connectivity index (χ2v) is 9.46. The zero-order chi connectivity index (χ0) is 16.5. The van der Waals surface area contributed by atoms with Crippen LogP contribution in [0.3, 0.4) is 0 Å². The van der Waals surface area contributed by atoms with Gasteiger partial charge in [0, 0.05) is 0 Å². The van der Waals surface area contributed by atoms with Crippen LogP contribution in [0.5, 0.6) is 0 Å². The van der Waals surface area contributed by atoms with Gasteiger partial charge in [-0.05, 0) is 49.7 Å². The minimum absolute atomic E-state index is 0.270.